The van der Waals surface area contributed by atoms with Crippen molar-refractivity contribution in [3.63, 3.8) is 0 Å². The fourth-order valence-electron chi connectivity index (χ4n) is 1.91. The van der Waals surface area contributed by atoms with Crippen LogP contribution in [0, 0.1) is 5.82 Å². The van der Waals surface area contributed by atoms with Crippen molar-refractivity contribution in [1.82, 2.24) is 10.2 Å². The second-order valence-electron chi connectivity index (χ2n) is 4.21. The third kappa shape index (κ3) is 2.10. The quantitative estimate of drug-likeness (QED) is 0.794. The molecule has 2 heterocycles. The molecule has 0 saturated heterocycles. The molecule has 102 valence electrons. The molecule has 2 aromatic heterocycles. The van der Waals surface area contributed by atoms with Gasteiger partial charge in [0.05, 0.1) is 12.8 Å². The molecule has 1 N–H and O–H groups in total. The minimum absolute atomic E-state index is 0.114. The van der Waals surface area contributed by atoms with Gasteiger partial charge < -0.3 is 14.3 Å². The van der Waals surface area contributed by atoms with Crippen LogP contribution in [0.2, 0.25) is 0 Å². The fourth-order valence-corrected chi connectivity index (χ4v) is 1.91. The predicted octanol–water partition coefficient (Wildman–Crippen LogP) is 2.45. The molecule has 0 aliphatic rings. The van der Waals surface area contributed by atoms with Gasteiger partial charge in [-0.15, -0.1) is 10.2 Å². The third-order valence-corrected chi connectivity index (χ3v) is 2.93. The molecule has 3 rings (SSSR count). The van der Waals surface area contributed by atoms with Crippen LogP contribution in [-0.4, -0.2) is 22.4 Å². The highest BCUT2D eigenvalue weighted by Gasteiger charge is 2.18. The highest BCUT2D eigenvalue weighted by molar-refractivity contribution is 5.78. The van der Waals surface area contributed by atoms with E-state index in [-0.39, 0.29) is 11.3 Å². The van der Waals surface area contributed by atoms with Crippen LogP contribution in [0.15, 0.2) is 40.8 Å². The Morgan fingerprint density at radius 1 is 1.25 bits per heavy atom. The van der Waals surface area contributed by atoms with E-state index in [0.717, 1.165) is 0 Å². The Morgan fingerprint density at radius 2 is 2.10 bits per heavy atom. The highest BCUT2D eigenvalue weighted by atomic mass is 19.1. The standard InChI is InChI=1S/C14H11FN2O3/c1-19-12-6-5-10(16-17-12)13(18)11-7-8-3-2-4-9(15)14(8)20-11/h2-7,13,18H,1H3. The van der Waals surface area contributed by atoms with E-state index < -0.39 is 11.9 Å². The van der Waals surface area contributed by atoms with E-state index in [4.69, 9.17) is 9.15 Å². The summed E-state index contributed by atoms with van der Waals surface area (Å²) in [6, 6.07) is 9.31. The summed E-state index contributed by atoms with van der Waals surface area (Å²) in [7, 11) is 1.47. The number of aliphatic hydroxyl groups is 1. The number of nitrogens with zero attached hydrogens (tertiary/aromatic N) is 2. The van der Waals surface area contributed by atoms with Crippen molar-refractivity contribution in [2.45, 2.75) is 6.10 Å². The molecule has 6 heteroatoms. The second kappa shape index (κ2) is 4.90. The number of furan rings is 1. The van der Waals surface area contributed by atoms with Crippen LogP contribution in [0.1, 0.15) is 17.6 Å². The Kier molecular flexibility index (Phi) is 3.08. The largest absolute Gasteiger partial charge is 0.480 e. The Balaban J connectivity index is 1.98. The first-order valence-electron chi connectivity index (χ1n) is 5.92. The van der Waals surface area contributed by atoms with Crippen LogP contribution in [0.5, 0.6) is 5.88 Å². The van der Waals surface area contributed by atoms with E-state index >= 15 is 0 Å². The maximum absolute atomic E-state index is 13.5. The highest BCUT2D eigenvalue weighted by Crippen LogP contribution is 2.28. The molecule has 0 aliphatic carbocycles. The van der Waals surface area contributed by atoms with E-state index in [0.29, 0.717) is 17.0 Å². The lowest BCUT2D eigenvalue weighted by Crippen LogP contribution is -2.03. The lowest BCUT2D eigenvalue weighted by Gasteiger charge is -2.06. The summed E-state index contributed by atoms with van der Waals surface area (Å²) in [5, 5.41) is 18.4. The average molecular weight is 274 g/mol. The van der Waals surface area contributed by atoms with Crippen molar-refractivity contribution in [2.75, 3.05) is 7.11 Å². The molecule has 5 nitrogen and oxygen atoms in total. The molecule has 0 radical (unpaired) electrons. The number of hydrogen-bond acceptors (Lipinski definition) is 5. The smallest absolute Gasteiger partial charge is 0.233 e. The van der Waals surface area contributed by atoms with Crippen LogP contribution in [0.3, 0.4) is 0 Å². The molecule has 0 amide bonds. The van der Waals surface area contributed by atoms with Gasteiger partial charge in [0, 0.05) is 11.5 Å². The van der Waals surface area contributed by atoms with Gasteiger partial charge in [-0.1, -0.05) is 12.1 Å². The van der Waals surface area contributed by atoms with E-state index in [1.807, 2.05) is 0 Å². The van der Waals surface area contributed by atoms with Crippen molar-refractivity contribution in [1.29, 1.82) is 0 Å². The van der Waals surface area contributed by atoms with Crippen LogP contribution >= 0.6 is 0 Å². The zero-order chi connectivity index (χ0) is 14.1. The first kappa shape index (κ1) is 12.6. The number of methoxy groups -OCH3 is 1. The SMILES string of the molecule is COc1ccc(C(O)c2cc3cccc(F)c3o2)nn1. The topological polar surface area (TPSA) is 68.4 Å². The number of rotatable bonds is 3. The maximum Gasteiger partial charge on any atom is 0.233 e. The van der Waals surface area contributed by atoms with Crippen molar-refractivity contribution in [3.8, 4) is 5.88 Å². The summed E-state index contributed by atoms with van der Waals surface area (Å²) in [6.45, 7) is 0. The van der Waals surface area contributed by atoms with Gasteiger partial charge in [0.2, 0.25) is 5.88 Å². The molecule has 0 saturated carbocycles. The number of hydrogen-bond donors (Lipinski definition) is 1. The first-order chi connectivity index (χ1) is 9.69. The summed E-state index contributed by atoms with van der Waals surface area (Å²) in [4.78, 5) is 0. The number of para-hydroxylation sites is 1. The Labute approximate surface area is 113 Å². The van der Waals surface area contributed by atoms with E-state index in [2.05, 4.69) is 10.2 Å². The molecule has 3 aromatic rings. The van der Waals surface area contributed by atoms with Crippen LogP contribution in [0.4, 0.5) is 4.39 Å². The monoisotopic (exact) mass is 274 g/mol. The summed E-state index contributed by atoms with van der Waals surface area (Å²) in [5.74, 6) is 0.0860. The van der Waals surface area contributed by atoms with Crippen molar-refractivity contribution < 1.29 is 18.7 Å². The Bertz CT molecular complexity index is 740. The Hall–Kier alpha value is -2.47. The number of fused-ring (bicyclic) bond motifs is 1. The molecule has 0 spiro atoms. The molecule has 1 aromatic carbocycles. The summed E-state index contributed by atoms with van der Waals surface area (Å²) in [5.41, 5.74) is 0.410. The summed E-state index contributed by atoms with van der Waals surface area (Å²) < 4.78 is 23.8. The summed E-state index contributed by atoms with van der Waals surface area (Å²) in [6.07, 6.45) is -1.11. The van der Waals surface area contributed by atoms with Gasteiger partial charge >= 0.3 is 0 Å². The van der Waals surface area contributed by atoms with Crippen molar-refractivity contribution in [3.05, 3.63) is 53.7 Å². The van der Waals surface area contributed by atoms with E-state index in [1.165, 1.54) is 13.2 Å². The number of ether oxygens (including phenoxy) is 1. The zero-order valence-corrected chi connectivity index (χ0v) is 10.6. The zero-order valence-electron chi connectivity index (χ0n) is 10.6. The van der Waals surface area contributed by atoms with Gasteiger partial charge in [0.15, 0.2) is 17.5 Å². The summed E-state index contributed by atoms with van der Waals surface area (Å²) >= 11 is 0. The van der Waals surface area contributed by atoms with Crippen LogP contribution in [-0.2, 0) is 0 Å². The number of aromatic nitrogens is 2. The lowest BCUT2D eigenvalue weighted by molar-refractivity contribution is 0.185. The molecular weight excluding hydrogens is 263 g/mol. The molecule has 20 heavy (non-hydrogen) atoms. The minimum Gasteiger partial charge on any atom is -0.480 e. The number of benzene rings is 1. The van der Waals surface area contributed by atoms with Gasteiger partial charge in [0.1, 0.15) is 5.76 Å². The predicted molar refractivity (Wildman–Crippen MR) is 68.8 cm³/mol. The number of halogens is 1. The van der Waals surface area contributed by atoms with Gasteiger partial charge in [0.25, 0.3) is 0 Å². The molecule has 1 unspecified atom stereocenters. The molecule has 0 fully saturated rings. The number of aliphatic hydroxyl groups excluding tert-OH is 1. The van der Waals surface area contributed by atoms with Gasteiger partial charge in [-0.3, -0.25) is 0 Å². The van der Waals surface area contributed by atoms with Crippen LogP contribution < -0.4 is 4.74 Å². The second-order valence-corrected chi connectivity index (χ2v) is 4.21. The molecule has 1 atom stereocenters. The van der Waals surface area contributed by atoms with Gasteiger partial charge in [-0.05, 0) is 18.2 Å². The molecule has 0 bridgehead atoms. The maximum atomic E-state index is 13.5. The molecule has 0 aliphatic heterocycles. The van der Waals surface area contributed by atoms with Crippen molar-refractivity contribution in [2.24, 2.45) is 0 Å². The molecular formula is C14H11FN2O3. The van der Waals surface area contributed by atoms with E-state index in [9.17, 15) is 9.50 Å². The minimum atomic E-state index is -1.11. The third-order valence-electron chi connectivity index (χ3n) is 2.93. The van der Waals surface area contributed by atoms with Crippen LogP contribution in [0.25, 0.3) is 11.0 Å². The normalized spacial score (nSPS) is 12.6. The first-order valence-corrected chi connectivity index (χ1v) is 5.92. The lowest BCUT2D eigenvalue weighted by atomic mass is 10.2. The van der Waals surface area contributed by atoms with Gasteiger partial charge in [-0.25, -0.2) is 4.39 Å². The average Bonchev–Trinajstić information content (AvgIpc) is 2.92. The van der Waals surface area contributed by atoms with Crippen molar-refractivity contribution >= 4 is 11.0 Å². The Morgan fingerprint density at radius 3 is 2.75 bits per heavy atom. The van der Waals surface area contributed by atoms with E-state index in [1.54, 1.807) is 30.3 Å². The van der Waals surface area contributed by atoms with Gasteiger partial charge in [-0.2, -0.15) is 0 Å². The fraction of sp³-hybridized carbons (Fsp3) is 0.143.